The number of rotatable bonds is 30. The van der Waals surface area contributed by atoms with Crippen molar-refractivity contribution in [2.75, 3.05) is 13.2 Å². The van der Waals surface area contributed by atoms with Crippen molar-refractivity contribution in [3.63, 3.8) is 0 Å². The highest BCUT2D eigenvalue weighted by molar-refractivity contribution is 5.72. The van der Waals surface area contributed by atoms with E-state index in [0.717, 1.165) is 70.1 Å². The third kappa shape index (κ3) is 23.6. The van der Waals surface area contributed by atoms with Crippen molar-refractivity contribution in [3.8, 4) is 0 Å². The van der Waals surface area contributed by atoms with Crippen molar-refractivity contribution < 1.29 is 19.1 Å². The van der Waals surface area contributed by atoms with Crippen LogP contribution in [0, 0.1) is 17.8 Å². The molecule has 4 heteroatoms. The van der Waals surface area contributed by atoms with Crippen molar-refractivity contribution in [1.29, 1.82) is 0 Å². The quantitative estimate of drug-likeness (QED) is 0.0641. The van der Waals surface area contributed by atoms with Crippen LogP contribution in [0.25, 0.3) is 0 Å². The highest BCUT2D eigenvalue weighted by Gasteiger charge is 2.17. The molecule has 0 saturated heterocycles. The summed E-state index contributed by atoms with van der Waals surface area (Å²) in [7, 11) is 0. The average molecular weight is 567 g/mol. The summed E-state index contributed by atoms with van der Waals surface area (Å²) in [6.45, 7) is 12.2. The van der Waals surface area contributed by atoms with Gasteiger partial charge in [-0.3, -0.25) is 9.59 Å². The first-order valence-corrected chi connectivity index (χ1v) is 17.8. The van der Waals surface area contributed by atoms with E-state index in [1.54, 1.807) is 0 Å². The van der Waals surface area contributed by atoms with E-state index in [1.807, 2.05) is 0 Å². The third-order valence-electron chi connectivity index (χ3n) is 8.64. The molecule has 0 rings (SSSR count). The molecule has 2 unspecified atom stereocenters. The normalized spacial score (nSPS) is 13.6. The van der Waals surface area contributed by atoms with Crippen LogP contribution < -0.4 is 0 Å². The van der Waals surface area contributed by atoms with E-state index >= 15 is 0 Å². The van der Waals surface area contributed by atoms with Gasteiger partial charge in [-0.15, -0.1) is 0 Å². The predicted octanol–water partition coefficient (Wildman–Crippen LogP) is 11.4. The Morgan fingerprint density at radius 3 is 1.10 bits per heavy atom. The monoisotopic (exact) mass is 567 g/mol. The van der Waals surface area contributed by atoms with Crippen LogP contribution in [0.4, 0.5) is 0 Å². The summed E-state index contributed by atoms with van der Waals surface area (Å²) < 4.78 is 11.0. The molecule has 0 saturated carbocycles. The van der Waals surface area contributed by atoms with Gasteiger partial charge in [0.05, 0.1) is 25.0 Å². The SMILES string of the molecule is CCCCC(CC)C(=O)OCCCCCCCCCC(C)CCCCCCCCCOC(=O)C(CC)CCCC. The first-order chi connectivity index (χ1) is 19.5. The third-order valence-corrected chi connectivity index (χ3v) is 8.64. The van der Waals surface area contributed by atoms with Gasteiger partial charge in [-0.05, 0) is 44.4 Å². The molecule has 0 heterocycles. The molecule has 0 aliphatic rings. The van der Waals surface area contributed by atoms with Gasteiger partial charge in [0.25, 0.3) is 0 Å². The molecule has 238 valence electrons. The summed E-state index contributed by atoms with van der Waals surface area (Å²) in [5.74, 6) is 1.13. The fourth-order valence-corrected chi connectivity index (χ4v) is 5.56. The Balaban J connectivity index is 3.44. The summed E-state index contributed by atoms with van der Waals surface area (Å²) in [4.78, 5) is 24.3. The van der Waals surface area contributed by atoms with Crippen LogP contribution >= 0.6 is 0 Å². The van der Waals surface area contributed by atoms with Crippen LogP contribution in [0.2, 0.25) is 0 Å². The number of hydrogen-bond donors (Lipinski definition) is 0. The Bertz CT molecular complexity index is 513. The van der Waals surface area contributed by atoms with E-state index in [1.165, 1.54) is 89.9 Å². The Morgan fingerprint density at radius 2 is 0.775 bits per heavy atom. The second kappa shape index (κ2) is 29.4. The summed E-state index contributed by atoms with van der Waals surface area (Å²) in [5.41, 5.74) is 0. The van der Waals surface area contributed by atoms with Crippen LogP contribution in [0.15, 0.2) is 0 Å². The molecule has 0 radical (unpaired) electrons. The van der Waals surface area contributed by atoms with Crippen molar-refractivity contribution >= 4 is 11.9 Å². The highest BCUT2D eigenvalue weighted by Crippen LogP contribution is 2.20. The Hall–Kier alpha value is -1.06. The van der Waals surface area contributed by atoms with Crippen LogP contribution in [-0.2, 0) is 19.1 Å². The standard InChI is InChI=1S/C36H70O4/c1-6-10-28-33(8-3)35(37)39-30-24-20-16-12-14-18-22-26-32(5)27-23-19-15-13-17-21-25-31-40-36(38)34(9-4)29-11-7-2/h32-34H,6-31H2,1-5H3. The fourth-order valence-electron chi connectivity index (χ4n) is 5.56. The number of esters is 2. The molecule has 0 aliphatic carbocycles. The summed E-state index contributed by atoms with van der Waals surface area (Å²) >= 11 is 0. The molecule has 2 atom stereocenters. The lowest BCUT2D eigenvalue weighted by Gasteiger charge is -2.13. The minimum Gasteiger partial charge on any atom is -0.465 e. The van der Waals surface area contributed by atoms with Gasteiger partial charge in [-0.2, -0.15) is 0 Å². The van der Waals surface area contributed by atoms with Gasteiger partial charge in [-0.25, -0.2) is 0 Å². The number of hydrogen-bond acceptors (Lipinski definition) is 4. The van der Waals surface area contributed by atoms with Crippen LogP contribution in [0.5, 0.6) is 0 Å². The molecule has 40 heavy (non-hydrogen) atoms. The lowest BCUT2D eigenvalue weighted by atomic mass is 9.96. The molecular formula is C36H70O4. The van der Waals surface area contributed by atoms with Gasteiger partial charge in [0.2, 0.25) is 0 Å². The summed E-state index contributed by atoms with van der Waals surface area (Å²) in [5, 5.41) is 0. The second-order valence-electron chi connectivity index (χ2n) is 12.5. The number of carbonyl (C=O) groups excluding carboxylic acids is 2. The molecule has 0 aliphatic heterocycles. The van der Waals surface area contributed by atoms with Gasteiger partial charge >= 0.3 is 11.9 Å². The van der Waals surface area contributed by atoms with E-state index in [4.69, 9.17) is 9.47 Å². The van der Waals surface area contributed by atoms with Crippen LogP contribution in [0.3, 0.4) is 0 Å². The van der Waals surface area contributed by atoms with Gasteiger partial charge < -0.3 is 9.47 Å². The van der Waals surface area contributed by atoms with Gasteiger partial charge in [0, 0.05) is 0 Å². The molecule has 0 fully saturated rings. The van der Waals surface area contributed by atoms with Gasteiger partial charge in [0.15, 0.2) is 0 Å². The lowest BCUT2D eigenvalue weighted by Crippen LogP contribution is -2.17. The first kappa shape index (κ1) is 38.9. The Labute approximate surface area is 250 Å². The molecule has 0 aromatic rings. The molecular weight excluding hydrogens is 496 g/mol. The minimum absolute atomic E-state index is 0.0272. The predicted molar refractivity (Wildman–Crippen MR) is 172 cm³/mol. The molecule has 0 amide bonds. The largest absolute Gasteiger partial charge is 0.465 e. The van der Waals surface area contributed by atoms with E-state index in [9.17, 15) is 9.59 Å². The van der Waals surface area contributed by atoms with E-state index < -0.39 is 0 Å². The highest BCUT2D eigenvalue weighted by atomic mass is 16.5. The summed E-state index contributed by atoms with van der Waals surface area (Å²) in [6.07, 6.45) is 28.8. The van der Waals surface area contributed by atoms with E-state index in [2.05, 4.69) is 34.6 Å². The van der Waals surface area contributed by atoms with Crippen molar-refractivity contribution in [3.05, 3.63) is 0 Å². The zero-order chi connectivity index (χ0) is 29.7. The maximum absolute atomic E-state index is 12.1. The fraction of sp³-hybridized carbons (Fsp3) is 0.944. The van der Waals surface area contributed by atoms with Crippen LogP contribution in [0.1, 0.15) is 189 Å². The topological polar surface area (TPSA) is 52.6 Å². The molecule has 0 bridgehead atoms. The second-order valence-corrected chi connectivity index (χ2v) is 12.5. The molecule has 0 N–H and O–H groups in total. The lowest BCUT2D eigenvalue weighted by molar-refractivity contribution is -0.150. The van der Waals surface area contributed by atoms with E-state index in [-0.39, 0.29) is 23.8 Å². The maximum Gasteiger partial charge on any atom is 0.308 e. The number of carbonyl (C=O) groups is 2. The summed E-state index contributed by atoms with van der Waals surface area (Å²) in [6, 6.07) is 0. The first-order valence-electron chi connectivity index (χ1n) is 17.8. The zero-order valence-corrected chi connectivity index (χ0v) is 27.7. The van der Waals surface area contributed by atoms with Crippen molar-refractivity contribution in [2.24, 2.45) is 17.8 Å². The van der Waals surface area contributed by atoms with Crippen molar-refractivity contribution in [1.82, 2.24) is 0 Å². The Morgan fingerprint density at radius 1 is 0.450 bits per heavy atom. The molecule has 4 nitrogen and oxygen atoms in total. The van der Waals surface area contributed by atoms with Crippen molar-refractivity contribution in [2.45, 2.75) is 189 Å². The number of unbranched alkanes of at least 4 members (excludes halogenated alkanes) is 14. The van der Waals surface area contributed by atoms with Gasteiger partial charge in [0.1, 0.15) is 0 Å². The molecule has 0 spiro atoms. The number of ether oxygens (including phenoxy) is 2. The Kier molecular flexibility index (Phi) is 28.7. The molecule has 0 aromatic heterocycles. The van der Waals surface area contributed by atoms with Gasteiger partial charge in [-0.1, -0.05) is 150 Å². The maximum atomic E-state index is 12.1. The zero-order valence-electron chi connectivity index (χ0n) is 27.7. The van der Waals surface area contributed by atoms with E-state index in [0.29, 0.717) is 13.2 Å². The van der Waals surface area contributed by atoms with Crippen LogP contribution in [-0.4, -0.2) is 25.2 Å². The minimum atomic E-state index is 0.0272. The smallest absolute Gasteiger partial charge is 0.308 e. The average Bonchev–Trinajstić information content (AvgIpc) is 2.95. The molecule has 0 aromatic carbocycles.